The first-order valence-electron chi connectivity index (χ1n) is 7.05. The second-order valence-electron chi connectivity index (χ2n) is 5.08. The standard InChI is InChI=1S/C16H20N2O3/c1-4-5-10(2)16(20)17-11(3)12-6-7-14-13(8-12)18-15(19)9-21-14/h5-8,11H,4,9H2,1-3H3,(H,17,20)(H,18,19)/b10-5+. The van der Waals surface area contributed by atoms with E-state index in [4.69, 9.17) is 4.74 Å². The van der Waals surface area contributed by atoms with Gasteiger partial charge in [-0.2, -0.15) is 0 Å². The number of hydrogen-bond donors (Lipinski definition) is 2. The highest BCUT2D eigenvalue weighted by Gasteiger charge is 2.18. The van der Waals surface area contributed by atoms with Crippen LogP contribution >= 0.6 is 0 Å². The molecule has 2 rings (SSSR count). The van der Waals surface area contributed by atoms with Gasteiger partial charge in [-0.3, -0.25) is 9.59 Å². The molecule has 5 heteroatoms. The zero-order chi connectivity index (χ0) is 15.4. The molecular weight excluding hydrogens is 268 g/mol. The Morgan fingerprint density at radius 3 is 3.00 bits per heavy atom. The van der Waals surface area contributed by atoms with Crippen LogP contribution in [0.25, 0.3) is 0 Å². The summed E-state index contributed by atoms with van der Waals surface area (Å²) in [6.07, 6.45) is 2.72. The Hall–Kier alpha value is -2.30. The third-order valence-corrected chi connectivity index (χ3v) is 3.35. The molecule has 2 N–H and O–H groups in total. The molecule has 1 atom stereocenters. The smallest absolute Gasteiger partial charge is 0.262 e. The Kier molecular flexibility index (Phi) is 4.62. The first kappa shape index (κ1) is 15.1. The van der Waals surface area contributed by atoms with Gasteiger partial charge in [0.1, 0.15) is 5.75 Å². The van der Waals surface area contributed by atoms with Crippen molar-refractivity contribution in [3.63, 3.8) is 0 Å². The van der Waals surface area contributed by atoms with E-state index in [1.165, 1.54) is 0 Å². The summed E-state index contributed by atoms with van der Waals surface area (Å²) in [5, 5.41) is 5.70. The van der Waals surface area contributed by atoms with Crippen molar-refractivity contribution in [3.05, 3.63) is 35.4 Å². The predicted molar refractivity (Wildman–Crippen MR) is 81.2 cm³/mol. The summed E-state index contributed by atoms with van der Waals surface area (Å²) < 4.78 is 5.31. The predicted octanol–water partition coefficient (Wildman–Crippen LogP) is 2.55. The van der Waals surface area contributed by atoms with Crippen LogP contribution in [0.5, 0.6) is 5.75 Å². The van der Waals surface area contributed by atoms with Gasteiger partial charge in [-0.25, -0.2) is 0 Å². The molecule has 1 aromatic rings. The van der Waals surface area contributed by atoms with E-state index in [9.17, 15) is 9.59 Å². The van der Waals surface area contributed by atoms with Gasteiger partial charge in [0.05, 0.1) is 11.7 Å². The van der Waals surface area contributed by atoms with E-state index in [-0.39, 0.29) is 24.5 Å². The SMILES string of the molecule is CC/C=C(\C)C(=O)NC(C)c1ccc2c(c1)NC(=O)CO2. The zero-order valence-electron chi connectivity index (χ0n) is 12.5. The van der Waals surface area contributed by atoms with Crippen molar-refractivity contribution in [2.75, 3.05) is 11.9 Å². The summed E-state index contributed by atoms with van der Waals surface area (Å²) >= 11 is 0. The summed E-state index contributed by atoms with van der Waals surface area (Å²) in [5.41, 5.74) is 2.27. The van der Waals surface area contributed by atoms with Crippen LogP contribution in [0.15, 0.2) is 29.8 Å². The van der Waals surface area contributed by atoms with Crippen molar-refractivity contribution < 1.29 is 14.3 Å². The molecule has 2 amide bonds. The highest BCUT2D eigenvalue weighted by Crippen LogP contribution is 2.30. The van der Waals surface area contributed by atoms with Gasteiger partial charge < -0.3 is 15.4 Å². The highest BCUT2D eigenvalue weighted by molar-refractivity contribution is 5.95. The summed E-state index contributed by atoms with van der Waals surface area (Å²) in [5.74, 6) is 0.402. The number of fused-ring (bicyclic) bond motifs is 1. The number of allylic oxidation sites excluding steroid dienone is 1. The van der Waals surface area contributed by atoms with Crippen LogP contribution < -0.4 is 15.4 Å². The molecule has 1 aliphatic heterocycles. The van der Waals surface area contributed by atoms with Gasteiger partial charge >= 0.3 is 0 Å². The number of anilines is 1. The lowest BCUT2D eigenvalue weighted by molar-refractivity contribution is -0.119. The molecule has 1 heterocycles. The Morgan fingerprint density at radius 2 is 2.29 bits per heavy atom. The number of carbonyl (C=O) groups is 2. The second-order valence-corrected chi connectivity index (χ2v) is 5.08. The summed E-state index contributed by atoms with van der Waals surface area (Å²) in [6.45, 7) is 5.74. The van der Waals surface area contributed by atoms with Gasteiger partial charge in [-0.05, 0) is 38.0 Å². The fourth-order valence-corrected chi connectivity index (χ4v) is 2.16. The molecule has 5 nitrogen and oxygen atoms in total. The minimum Gasteiger partial charge on any atom is -0.482 e. The van der Waals surface area contributed by atoms with E-state index in [1.54, 1.807) is 6.92 Å². The van der Waals surface area contributed by atoms with E-state index in [1.807, 2.05) is 38.1 Å². The number of benzene rings is 1. The third kappa shape index (κ3) is 3.62. The molecule has 1 aromatic carbocycles. The first-order chi connectivity index (χ1) is 10.0. The monoisotopic (exact) mass is 288 g/mol. The topological polar surface area (TPSA) is 67.4 Å². The van der Waals surface area contributed by atoms with E-state index >= 15 is 0 Å². The van der Waals surface area contributed by atoms with E-state index in [2.05, 4.69) is 10.6 Å². The van der Waals surface area contributed by atoms with Gasteiger partial charge in [0, 0.05) is 5.57 Å². The fraction of sp³-hybridized carbons (Fsp3) is 0.375. The molecule has 1 aliphatic rings. The molecule has 0 bridgehead atoms. The molecule has 0 aromatic heterocycles. The number of hydrogen-bond acceptors (Lipinski definition) is 3. The molecule has 0 saturated heterocycles. The third-order valence-electron chi connectivity index (χ3n) is 3.35. The summed E-state index contributed by atoms with van der Waals surface area (Å²) in [4.78, 5) is 23.3. The van der Waals surface area contributed by atoms with Gasteiger partial charge in [0.2, 0.25) is 5.91 Å². The first-order valence-corrected chi connectivity index (χ1v) is 7.05. The maximum Gasteiger partial charge on any atom is 0.262 e. The maximum atomic E-state index is 12.0. The lowest BCUT2D eigenvalue weighted by Crippen LogP contribution is -2.28. The number of carbonyl (C=O) groups excluding carboxylic acids is 2. The van der Waals surface area contributed by atoms with Crippen LogP contribution in [0.3, 0.4) is 0 Å². The average molecular weight is 288 g/mol. The van der Waals surface area contributed by atoms with Crippen molar-refractivity contribution in [2.24, 2.45) is 0 Å². The zero-order valence-corrected chi connectivity index (χ0v) is 12.5. The van der Waals surface area contributed by atoms with E-state index in [0.717, 1.165) is 12.0 Å². The van der Waals surface area contributed by atoms with Crippen molar-refractivity contribution in [2.45, 2.75) is 33.2 Å². The van der Waals surface area contributed by atoms with Gasteiger partial charge in [0.25, 0.3) is 5.91 Å². The molecule has 0 fully saturated rings. The molecule has 0 aliphatic carbocycles. The minimum atomic E-state index is -0.168. The van der Waals surface area contributed by atoms with Gasteiger partial charge in [-0.1, -0.05) is 19.1 Å². The lowest BCUT2D eigenvalue weighted by atomic mass is 10.1. The number of amides is 2. The van der Waals surface area contributed by atoms with Crippen molar-refractivity contribution in [3.8, 4) is 5.75 Å². The maximum absolute atomic E-state index is 12.0. The van der Waals surface area contributed by atoms with Gasteiger partial charge in [-0.15, -0.1) is 0 Å². The fourth-order valence-electron chi connectivity index (χ4n) is 2.16. The van der Waals surface area contributed by atoms with Crippen molar-refractivity contribution in [1.82, 2.24) is 5.32 Å². The number of nitrogens with one attached hydrogen (secondary N) is 2. The normalized spacial score (nSPS) is 15.6. The average Bonchev–Trinajstić information content (AvgIpc) is 2.46. The van der Waals surface area contributed by atoms with Gasteiger partial charge in [0.15, 0.2) is 6.61 Å². The molecule has 112 valence electrons. The van der Waals surface area contributed by atoms with Crippen molar-refractivity contribution >= 4 is 17.5 Å². The van der Waals surface area contributed by atoms with E-state index < -0.39 is 0 Å². The molecule has 0 saturated carbocycles. The molecular formula is C16H20N2O3. The minimum absolute atomic E-state index is 0.0413. The van der Waals surface area contributed by atoms with Crippen LogP contribution in [0, 0.1) is 0 Å². The quantitative estimate of drug-likeness (QED) is 0.837. The number of rotatable bonds is 4. The lowest BCUT2D eigenvalue weighted by Gasteiger charge is -2.21. The van der Waals surface area contributed by atoms with Crippen LogP contribution in [0.2, 0.25) is 0 Å². The number of ether oxygens (including phenoxy) is 1. The van der Waals surface area contributed by atoms with Crippen molar-refractivity contribution in [1.29, 1.82) is 0 Å². The molecule has 0 spiro atoms. The molecule has 0 radical (unpaired) electrons. The Balaban J connectivity index is 2.11. The van der Waals surface area contributed by atoms with Crippen LogP contribution in [0.4, 0.5) is 5.69 Å². The Morgan fingerprint density at radius 1 is 1.52 bits per heavy atom. The summed E-state index contributed by atoms with van der Waals surface area (Å²) in [6, 6.07) is 5.37. The van der Waals surface area contributed by atoms with Crippen LogP contribution in [0.1, 0.15) is 38.8 Å². The molecule has 1 unspecified atom stereocenters. The second kappa shape index (κ2) is 6.43. The Labute approximate surface area is 124 Å². The summed E-state index contributed by atoms with van der Waals surface area (Å²) in [7, 11) is 0. The molecule has 21 heavy (non-hydrogen) atoms. The van der Waals surface area contributed by atoms with E-state index in [0.29, 0.717) is 17.0 Å². The largest absolute Gasteiger partial charge is 0.482 e. The highest BCUT2D eigenvalue weighted by atomic mass is 16.5. The van der Waals surface area contributed by atoms with Crippen LogP contribution in [-0.4, -0.2) is 18.4 Å². The Bertz CT molecular complexity index is 593. The van der Waals surface area contributed by atoms with Crippen LogP contribution in [-0.2, 0) is 9.59 Å².